The number of carbonyl (C=O) groups excluding carboxylic acids is 3. The smallest absolute Gasteiger partial charge is 0.267 e. The maximum Gasteiger partial charge on any atom is 0.267 e. The van der Waals surface area contributed by atoms with E-state index in [-0.39, 0.29) is 0 Å². The molecule has 0 aliphatic carbocycles. The van der Waals surface area contributed by atoms with E-state index in [1.807, 2.05) is 0 Å². The Hall–Kier alpha value is -1.15. The van der Waals surface area contributed by atoms with E-state index >= 15 is 0 Å². The molecule has 0 aromatic carbocycles. The first-order chi connectivity index (χ1) is 9.45. The summed E-state index contributed by atoms with van der Waals surface area (Å²) in [4.78, 5) is 35.1. The maximum atomic E-state index is 11.7. The van der Waals surface area contributed by atoms with Gasteiger partial charge in [-0.1, -0.05) is 12.8 Å². The Kier molecular flexibility index (Phi) is 10.0. The van der Waals surface area contributed by atoms with Crippen LogP contribution < -0.4 is 22.9 Å². The highest BCUT2D eigenvalue weighted by Gasteiger charge is 2.30. The van der Waals surface area contributed by atoms with Crippen LogP contribution in [0.5, 0.6) is 0 Å². The largest absolute Gasteiger partial charge is 0.330 e. The zero-order valence-corrected chi connectivity index (χ0v) is 11.8. The monoisotopic (exact) mass is 286 g/mol. The second kappa shape index (κ2) is 10.6. The summed E-state index contributed by atoms with van der Waals surface area (Å²) in [6.45, 7) is 1.000. The second-order valence-electron chi connectivity index (χ2n) is 4.84. The van der Waals surface area contributed by atoms with Gasteiger partial charge in [0.15, 0.2) is 0 Å². The highest BCUT2D eigenvalue weighted by Crippen LogP contribution is 2.04. The minimum absolute atomic E-state index is 0.345. The molecular formula is C13H26N4O3. The zero-order valence-electron chi connectivity index (χ0n) is 11.8. The summed E-state index contributed by atoms with van der Waals surface area (Å²) in [6, 6.07) is -1.90. The Bertz CT molecular complexity index is 304. The van der Waals surface area contributed by atoms with Crippen LogP contribution in [-0.2, 0) is 14.4 Å². The number of nitrogens with two attached hydrogens (primary N) is 4. The lowest BCUT2D eigenvalue weighted by molar-refractivity contribution is -0.145. The third-order valence-corrected chi connectivity index (χ3v) is 3.06. The molecule has 0 aliphatic heterocycles. The topological polar surface area (TPSA) is 155 Å². The molecule has 0 spiro atoms. The predicted molar refractivity (Wildman–Crippen MR) is 76.8 cm³/mol. The van der Waals surface area contributed by atoms with E-state index in [1.165, 1.54) is 0 Å². The van der Waals surface area contributed by atoms with Crippen molar-refractivity contribution in [3.8, 4) is 0 Å². The van der Waals surface area contributed by atoms with Gasteiger partial charge >= 0.3 is 0 Å². The van der Waals surface area contributed by atoms with Crippen LogP contribution in [0.1, 0.15) is 38.5 Å². The van der Waals surface area contributed by atoms with E-state index in [4.69, 9.17) is 22.9 Å². The number of unbranched alkanes of at least 4 members (excludes halogenated alkanes) is 2. The molecule has 0 saturated heterocycles. The fraction of sp³-hybridized carbons (Fsp3) is 0.769. The van der Waals surface area contributed by atoms with E-state index in [9.17, 15) is 14.4 Å². The molecule has 0 aromatic heterocycles. The standard InChI is InChI=1S/C13H26N4O3/c14-7-3-1-5-9(16)11(18)13(20)12(19)10(17)6-2-4-8-15/h9-10H,1-8,14-17H2/t9-,10-/m0/s1. The lowest BCUT2D eigenvalue weighted by Gasteiger charge is -2.12. The second-order valence-corrected chi connectivity index (χ2v) is 4.84. The molecule has 7 heteroatoms. The van der Waals surface area contributed by atoms with Crippen LogP contribution >= 0.6 is 0 Å². The molecule has 0 radical (unpaired) electrons. The van der Waals surface area contributed by atoms with Gasteiger partial charge in [-0.25, -0.2) is 0 Å². The molecule has 0 saturated carbocycles. The summed E-state index contributed by atoms with van der Waals surface area (Å²) in [6.07, 6.45) is 3.43. The van der Waals surface area contributed by atoms with Crippen molar-refractivity contribution in [2.24, 2.45) is 22.9 Å². The first-order valence-corrected chi connectivity index (χ1v) is 6.99. The van der Waals surface area contributed by atoms with Gasteiger partial charge in [0.2, 0.25) is 11.6 Å². The number of ketones is 3. The summed E-state index contributed by atoms with van der Waals surface area (Å²) >= 11 is 0. The average Bonchev–Trinajstić information content (AvgIpc) is 2.45. The Labute approximate surface area is 119 Å². The summed E-state index contributed by atoms with van der Waals surface area (Å²) in [5.74, 6) is -2.81. The SMILES string of the molecule is NCCCC[C@H](N)C(=O)C(=O)C(=O)[C@@H](N)CCCCN. The molecular weight excluding hydrogens is 260 g/mol. The number of carbonyl (C=O) groups is 3. The molecule has 0 rings (SSSR count). The molecule has 0 heterocycles. The van der Waals surface area contributed by atoms with Crippen LogP contribution in [0.2, 0.25) is 0 Å². The molecule has 2 atom stereocenters. The fourth-order valence-corrected chi connectivity index (χ4v) is 1.74. The molecule has 20 heavy (non-hydrogen) atoms. The summed E-state index contributed by atoms with van der Waals surface area (Å²) in [7, 11) is 0. The summed E-state index contributed by atoms with van der Waals surface area (Å²) in [5, 5.41) is 0. The van der Waals surface area contributed by atoms with Crippen molar-refractivity contribution in [3.63, 3.8) is 0 Å². The molecule has 0 fully saturated rings. The van der Waals surface area contributed by atoms with E-state index < -0.39 is 29.4 Å². The zero-order chi connectivity index (χ0) is 15.5. The average molecular weight is 286 g/mol. The quantitative estimate of drug-likeness (QED) is 0.195. The van der Waals surface area contributed by atoms with Gasteiger partial charge < -0.3 is 22.9 Å². The minimum atomic E-state index is -1.09. The van der Waals surface area contributed by atoms with Gasteiger partial charge in [-0.3, -0.25) is 14.4 Å². The Morgan fingerprint density at radius 2 is 1.05 bits per heavy atom. The van der Waals surface area contributed by atoms with Crippen molar-refractivity contribution in [1.29, 1.82) is 0 Å². The van der Waals surface area contributed by atoms with Crippen LogP contribution in [0.4, 0.5) is 0 Å². The van der Waals surface area contributed by atoms with Crippen LogP contribution in [0.25, 0.3) is 0 Å². The van der Waals surface area contributed by atoms with E-state index in [2.05, 4.69) is 0 Å². The van der Waals surface area contributed by atoms with Crippen LogP contribution in [0.15, 0.2) is 0 Å². The van der Waals surface area contributed by atoms with Gasteiger partial charge in [0.1, 0.15) is 0 Å². The van der Waals surface area contributed by atoms with Gasteiger partial charge in [0, 0.05) is 0 Å². The van der Waals surface area contributed by atoms with Gasteiger partial charge in [-0.2, -0.15) is 0 Å². The normalized spacial score (nSPS) is 13.8. The molecule has 8 N–H and O–H groups in total. The number of hydrogen-bond acceptors (Lipinski definition) is 7. The van der Waals surface area contributed by atoms with Gasteiger partial charge in [0.25, 0.3) is 5.78 Å². The number of Topliss-reactive ketones (excluding diaryl/α,β-unsaturated/α-hetero) is 3. The summed E-state index contributed by atoms with van der Waals surface area (Å²) in [5.41, 5.74) is 21.8. The number of rotatable bonds is 12. The van der Waals surface area contributed by atoms with Crippen molar-refractivity contribution in [3.05, 3.63) is 0 Å². The first-order valence-electron chi connectivity index (χ1n) is 6.99. The Morgan fingerprint density at radius 3 is 1.35 bits per heavy atom. The van der Waals surface area contributed by atoms with Crippen molar-refractivity contribution >= 4 is 17.3 Å². The molecule has 0 bridgehead atoms. The molecule has 7 nitrogen and oxygen atoms in total. The predicted octanol–water partition coefficient (Wildman–Crippen LogP) is -1.39. The van der Waals surface area contributed by atoms with E-state index in [1.54, 1.807) is 0 Å². The highest BCUT2D eigenvalue weighted by atomic mass is 16.2. The van der Waals surface area contributed by atoms with Gasteiger partial charge in [0.05, 0.1) is 12.1 Å². The van der Waals surface area contributed by atoms with Crippen molar-refractivity contribution in [2.75, 3.05) is 13.1 Å². The maximum absolute atomic E-state index is 11.7. The third kappa shape index (κ3) is 6.85. The van der Waals surface area contributed by atoms with E-state index in [0.29, 0.717) is 38.8 Å². The van der Waals surface area contributed by atoms with Crippen molar-refractivity contribution < 1.29 is 14.4 Å². The lowest BCUT2D eigenvalue weighted by atomic mass is 9.96. The highest BCUT2D eigenvalue weighted by molar-refractivity contribution is 6.65. The molecule has 0 unspecified atom stereocenters. The van der Waals surface area contributed by atoms with Crippen LogP contribution in [0, 0.1) is 0 Å². The van der Waals surface area contributed by atoms with E-state index in [0.717, 1.165) is 12.8 Å². The minimum Gasteiger partial charge on any atom is -0.330 e. The van der Waals surface area contributed by atoms with Gasteiger partial charge in [-0.15, -0.1) is 0 Å². The fourth-order valence-electron chi connectivity index (χ4n) is 1.74. The number of hydrogen-bond donors (Lipinski definition) is 4. The van der Waals surface area contributed by atoms with Crippen LogP contribution in [0.3, 0.4) is 0 Å². The third-order valence-electron chi connectivity index (χ3n) is 3.06. The molecule has 116 valence electrons. The first kappa shape index (κ1) is 18.9. The molecule has 0 amide bonds. The molecule has 0 aromatic rings. The Balaban J connectivity index is 4.26. The lowest BCUT2D eigenvalue weighted by Crippen LogP contribution is -2.45. The Morgan fingerprint density at radius 1 is 0.700 bits per heavy atom. The van der Waals surface area contributed by atoms with Crippen molar-refractivity contribution in [1.82, 2.24) is 0 Å². The van der Waals surface area contributed by atoms with Crippen molar-refractivity contribution in [2.45, 2.75) is 50.6 Å². The molecule has 0 aliphatic rings. The summed E-state index contributed by atoms with van der Waals surface area (Å²) < 4.78 is 0. The van der Waals surface area contributed by atoms with Gasteiger partial charge in [-0.05, 0) is 38.8 Å². The van der Waals surface area contributed by atoms with Crippen LogP contribution in [-0.4, -0.2) is 42.5 Å².